The Morgan fingerprint density at radius 2 is 2.19 bits per heavy atom. The lowest BCUT2D eigenvalue weighted by Crippen LogP contribution is -2.37. The number of benzene rings is 1. The summed E-state index contributed by atoms with van der Waals surface area (Å²) in [5.74, 6) is 1.16. The summed E-state index contributed by atoms with van der Waals surface area (Å²) in [5, 5.41) is 5.11. The highest BCUT2D eigenvalue weighted by molar-refractivity contribution is 7.16. The number of hydrogen-bond acceptors (Lipinski definition) is 7. The second-order valence-corrected chi connectivity index (χ2v) is 9.08. The van der Waals surface area contributed by atoms with Crippen molar-refractivity contribution in [1.82, 2.24) is 14.8 Å². The van der Waals surface area contributed by atoms with Gasteiger partial charge in [-0.1, -0.05) is 0 Å². The van der Waals surface area contributed by atoms with Crippen molar-refractivity contribution < 1.29 is 19.0 Å². The van der Waals surface area contributed by atoms with Crippen molar-refractivity contribution in [2.75, 3.05) is 24.8 Å². The summed E-state index contributed by atoms with van der Waals surface area (Å²) in [6, 6.07) is 5.32. The Hall–Kier alpha value is -2.91. The van der Waals surface area contributed by atoms with Crippen molar-refractivity contribution in [1.29, 1.82) is 0 Å². The minimum absolute atomic E-state index is 0.0211. The van der Waals surface area contributed by atoms with Crippen LogP contribution >= 0.6 is 11.3 Å². The van der Waals surface area contributed by atoms with Crippen molar-refractivity contribution in [3.05, 3.63) is 40.5 Å². The van der Waals surface area contributed by atoms with Gasteiger partial charge >= 0.3 is 0 Å². The molecule has 2 aliphatic heterocycles. The number of hydrogen-bond donors (Lipinski definition) is 0. The first-order chi connectivity index (χ1) is 15.2. The van der Waals surface area contributed by atoms with Crippen molar-refractivity contribution in [3.8, 4) is 22.8 Å². The zero-order chi connectivity index (χ0) is 20.9. The maximum atomic E-state index is 13.6. The molecule has 8 nitrogen and oxygen atoms in total. The molecular weight excluding hydrogens is 416 g/mol. The molecule has 0 radical (unpaired) electrons. The van der Waals surface area contributed by atoms with Crippen LogP contribution in [0.4, 0.5) is 5.13 Å². The number of carbonyl (C=O) groups excluding carboxylic acids is 1. The van der Waals surface area contributed by atoms with Crippen LogP contribution in [0.2, 0.25) is 0 Å². The quantitative estimate of drug-likeness (QED) is 0.623. The maximum absolute atomic E-state index is 13.6. The molecule has 1 atom stereocenters. The van der Waals surface area contributed by atoms with Crippen LogP contribution in [0.3, 0.4) is 0 Å². The van der Waals surface area contributed by atoms with Crippen LogP contribution in [-0.4, -0.2) is 46.7 Å². The van der Waals surface area contributed by atoms with E-state index in [4.69, 9.17) is 19.2 Å². The fraction of sp³-hybridized carbons (Fsp3) is 0.409. The predicted octanol–water partition coefficient (Wildman–Crippen LogP) is 3.20. The highest BCUT2D eigenvalue weighted by atomic mass is 32.1. The van der Waals surface area contributed by atoms with Gasteiger partial charge in [-0.15, -0.1) is 11.3 Å². The molecule has 1 amide bonds. The number of carbonyl (C=O) groups is 1. The molecule has 0 saturated carbocycles. The zero-order valence-corrected chi connectivity index (χ0v) is 18.0. The molecule has 6 rings (SSSR count). The first kappa shape index (κ1) is 18.8. The van der Waals surface area contributed by atoms with Crippen molar-refractivity contribution >= 4 is 22.4 Å². The number of ether oxygens (including phenoxy) is 3. The Labute approximate surface area is 183 Å². The van der Waals surface area contributed by atoms with Crippen LogP contribution in [0.25, 0.3) is 11.3 Å². The molecule has 1 fully saturated rings. The van der Waals surface area contributed by atoms with E-state index < -0.39 is 0 Å². The molecule has 4 heterocycles. The first-order valence-electron chi connectivity index (χ1n) is 10.5. The Balaban J connectivity index is 1.38. The Bertz CT molecular complexity index is 1160. The number of aryl methyl sites for hydroxylation is 2. The van der Waals surface area contributed by atoms with Gasteiger partial charge in [0.1, 0.15) is 0 Å². The summed E-state index contributed by atoms with van der Waals surface area (Å²) in [4.78, 5) is 21.5. The number of thiazole rings is 1. The van der Waals surface area contributed by atoms with E-state index in [1.807, 2.05) is 17.9 Å². The fourth-order valence-electron chi connectivity index (χ4n) is 4.45. The molecule has 9 heteroatoms. The van der Waals surface area contributed by atoms with Crippen LogP contribution < -0.4 is 14.4 Å². The second kappa shape index (κ2) is 7.35. The van der Waals surface area contributed by atoms with Gasteiger partial charge in [0, 0.05) is 35.4 Å². The topological polar surface area (TPSA) is 78.7 Å². The molecule has 0 unspecified atom stereocenters. The third kappa shape index (κ3) is 3.19. The number of aromatic nitrogens is 3. The van der Waals surface area contributed by atoms with Crippen molar-refractivity contribution in [3.63, 3.8) is 0 Å². The third-order valence-electron chi connectivity index (χ3n) is 6.10. The monoisotopic (exact) mass is 438 g/mol. The van der Waals surface area contributed by atoms with E-state index in [1.54, 1.807) is 34.4 Å². The lowest BCUT2D eigenvalue weighted by molar-refractivity contribution is 0.0917. The largest absolute Gasteiger partial charge is 0.454 e. The molecule has 160 valence electrons. The van der Waals surface area contributed by atoms with Crippen molar-refractivity contribution in [2.24, 2.45) is 7.05 Å². The molecular formula is C22H22N4O4S. The molecule has 3 aromatic rings. The standard InChI is InChI=1S/C22H22N4O4S/c1-25-16-5-7-19-20(15(16)10-23-25)24-22(31-19)26(11-14-3-2-8-28-14)21(27)13-4-6-17-18(9-13)30-12-29-17/h4,6,9-10,14H,2-3,5,7-8,11-12H2,1H3/t14-/m1/s1. The lowest BCUT2D eigenvalue weighted by atomic mass is 10.0. The Morgan fingerprint density at radius 1 is 1.29 bits per heavy atom. The van der Waals surface area contributed by atoms with Gasteiger partial charge in [-0.2, -0.15) is 5.10 Å². The van der Waals surface area contributed by atoms with Crippen LogP contribution in [0.5, 0.6) is 11.5 Å². The third-order valence-corrected chi connectivity index (χ3v) is 7.24. The highest BCUT2D eigenvalue weighted by Crippen LogP contribution is 2.40. The molecule has 31 heavy (non-hydrogen) atoms. The summed E-state index contributed by atoms with van der Waals surface area (Å²) < 4.78 is 18.6. The van der Waals surface area contributed by atoms with Gasteiger partial charge in [0.15, 0.2) is 16.6 Å². The van der Waals surface area contributed by atoms with E-state index in [2.05, 4.69) is 5.10 Å². The van der Waals surface area contributed by atoms with Gasteiger partial charge in [-0.3, -0.25) is 14.4 Å². The van der Waals surface area contributed by atoms with Gasteiger partial charge in [0.05, 0.1) is 24.5 Å². The van der Waals surface area contributed by atoms with E-state index in [0.717, 1.165) is 43.5 Å². The number of amides is 1. The van der Waals surface area contributed by atoms with E-state index >= 15 is 0 Å². The second-order valence-electron chi connectivity index (χ2n) is 8.02. The van der Waals surface area contributed by atoms with Gasteiger partial charge in [0.2, 0.25) is 6.79 Å². The average molecular weight is 439 g/mol. The average Bonchev–Trinajstić information content (AvgIpc) is 3.57. The van der Waals surface area contributed by atoms with Crippen LogP contribution in [0.15, 0.2) is 24.4 Å². The van der Waals surface area contributed by atoms with E-state index in [-0.39, 0.29) is 18.8 Å². The van der Waals surface area contributed by atoms with Gasteiger partial charge in [-0.25, -0.2) is 4.98 Å². The molecule has 3 aliphatic rings. The Morgan fingerprint density at radius 3 is 3.06 bits per heavy atom. The minimum Gasteiger partial charge on any atom is -0.454 e. The number of anilines is 1. The SMILES string of the molecule is Cn1ncc2c1CCc1sc(N(C[C@H]3CCCO3)C(=O)c3ccc4c(c3)OCO4)nc1-2. The summed E-state index contributed by atoms with van der Waals surface area (Å²) >= 11 is 1.59. The predicted molar refractivity (Wildman–Crippen MR) is 115 cm³/mol. The van der Waals surface area contributed by atoms with E-state index in [1.165, 1.54) is 10.6 Å². The fourth-order valence-corrected chi connectivity index (χ4v) is 5.53. The molecule has 2 aromatic heterocycles. The molecule has 1 aliphatic carbocycles. The van der Waals surface area contributed by atoms with Crippen molar-refractivity contribution in [2.45, 2.75) is 31.8 Å². The molecule has 0 bridgehead atoms. The smallest absolute Gasteiger partial charge is 0.260 e. The van der Waals surface area contributed by atoms with E-state index in [0.29, 0.717) is 28.7 Å². The normalized spacial score (nSPS) is 18.7. The van der Waals surface area contributed by atoms with E-state index in [9.17, 15) is 4.79 Å². The maximum Gasteiger partial charge on any atom is 0.260 e. The summed E-state index contributed by atoms with van der Waals surface area (Å²) in [6.45, 7) is 1.41. The van der Waals surface area contributed by atoms with Gasteiger partial charge < -0.3 is 14.2 Å². The summed E-state index contributed by atoms with van der Waals surface area (Å²) in [7, 11) is 1.96. The van der Waals surface area contributed by atoms with Gasteiger partial charge in [0.25, 0.3) is 5.91 Å². The highest BCUT2D eigenvalue weighted by Gasteiger charge is 2.31. The van der Waals surface area contributed by atoms with Crippen LogP contribution in [0, 0.1) is 0 Å². The van der Waals surface area contributed by atoms with Crippen LogP contribution in [0.1, 0.15) is 33.8 Å². The first-order valence-corrected chi connectivity index (χ1v) is 11.3. The molecule has 0 spiro atoms. The Kier molecular flexibility index (Phi) is 4.46. The number of fused-ring (bicyclic) bond motifs is 4. The lowest BCUT2D eigenvalue weighted by Gasteiger charge is -2.23. The summed E-state index contributed by atoms with van der Waals surface area (Å²) in [6.07, 6.45) is 5.70. The molecule has 0 N–H and O–H groups in total. The molecule has 1 saturated heterocycles. The molecule has 1 aromatic carbocycles. The summed E-state index contributed by atoms with van der Waals surface area (Å²) in [5.41, 5.74) is 3.76. The zero-order valence-electron chi connectivity index (χ0n) is 17.2. The minimum atomic E-state index is -0.105. The number of rotatable bonds is 4. The van der Waals surface area contributed by atoms with Crippen LogP contribution in [-0.2, 0) is 24.6 Å². The number of nitrogens with zero attached hydrogens (tertiary/aromatic N) is 4. The van der Waals surface area contributed by atoms with Gasteiger partial charge in [-0.05, 0) is 43.9 Å².